The Balaban J connectivity index is 1.74. The molecule has 4 aromatic rings. The van der Waals surface area contributed by atoms with Crippen LogP contribution in [-0.2, 0) is 13.1 Å². The molecule has 0 aliphatic heterocycles. The fourth-order valence-electron chi connectivity index (χ4n) is 3.56. The van der Waals surface area contributed by atoms with Gasteiger partial charge in [0.2, 0.25) is 0 Å². The molecule has 4 nitrogen and oxygen atoms in total. The molecule has 30 heavy (non-hydrogen) atoms. The molecule has 0 saturated heterocycles. The molecule has 1 aromatic heterocycles. The van der Waals surface area contributed by atoms with Gasteiger partial charge in [0.1, 0.15) is 5.76 Å². The van der Waals surface area contributed by atoms with Gasteiger partial charge in [-0.3, -0.25) is 9.59 Å². The van der Waals surface area contributed by atoms with Crippen LogP contribution in [0.2, 0.25) is 0 Å². The largest absolute Gasteiger partial charge is 0.456 e. The second-order valence-corrected chi connectivity index (χ2v) is 8.10. The van der Waals surface area contributed by atoms with Crippen molar-refractivity contribution < 1.29 is 14.0 Å². The van der Waals surface area contributed by atoms with Crippen LogP contribution in [0.5, 0.6) is 0 Å². The number of carbonyl (C=O) groups is 2. The number of aldehydes is 1. The second kappa shape index (κ2) is 8.67. The Morgan fingerprint density at radius 2 is 1.73 bits per heavy atom. The van der Waals surface area contributed by atoms with Crippen LogP contribution in [-0.4, -0.2) is 17.1 Å². The number of rotatable bonds is 6. The predicted octanol–water partition coefficient (Wildman–Crippen LogP) is 6.16. The third-order valence-corrected chi connectivity index (χ3v) is 5.60. The number of halogens is 1. The summed E-state index contributed by atoms with van der Waals surface area (Å²) in [5.74, 6) is 0.749. The van der Waals surface area contributed by atoms with Gasteiger partial charge in [-0.1, -0.05) is 64.5 Å². The number of benzene rings is 3. The standard InChI is InChI=1S/C25H20BrNO3/c1-17-6-9-19-4-2-3-5-23(19)24(17)25(29)27(14-18-7-10-20(26)11-8-18)15-21-12-13-22(16-28)30-21/h2-13,16H,14-15H2,1H3. The highest BCUT2D eigenvalue weighted by atomic mass is 79.9. The molecule has 0 unspecified atom stereocenters. The van der Waals surface area contributed by atoms with Crippen LogP contribution in [0.3, 0.4) is 0 Å². The number of hydrogen-bond acceptors (Lipinski definition) is 3. The van der Waals surface area contributed by atoms with Crippen molar-refractivity contribution in [1.82, 2.24) is 4.90 Å². The van der Waals surface area contributed by atoms with Gasteiger partial charge in [-0.05, 0) is 53.1 Å². The molecule has 0 saturated carbocycles. The van der Waals surface area contributed by atoms with Gasteiger partial charge in [-0.25, -0.2) is 0 Å². The number of amides is 1. The molecule has 1 heterocycles. The molecule has 0 aliphatic rings. The van der Waals surface area contributed by atoms with E-state index in [2.05, 4.69) is 15.9 Å². The number of fused-ring (bicyclic) bond motifs is 1. The molecule has 150 valence electrons. The molecule has 0 N–H and O–H groups in total. The molecule has 3 aromatic carbocycles. The average molecular weight is 462 g/mol. The molecule has 0 radical (unpaired) electrons. The summed E-state index contributed by atoms with van der Waals surface area (Å²) in [6.07, 6.45) is 0.666. The minimum atomic E-state index is -0.0729. The van der Waals surface area contributed by atoms with E-state index in [-0.39, 0.29) is 18.2 Å². The first-order valence-corrected chi connectivity index (χ1v) is 10.4. The Kier molecular flexibility index (Phi) is 5.81. The molecule has 0 spiro atoms. The van der Waals surface area contributed by atoms with Gasteiger partial charge < -0.3 is 9.32 Å². The van der Waals surface area contributed by atoms with Crippen molar-refractivity contribution in [1.29, 1.82) is 0 Å². The van der Waals surface area contributed by atoms with Crippen LogP contribution < -0.4 is 0 Å². The highest BCUT2D eigenvalue weighted by molar-refractivity contribution is 9.10. The van der Waals surface area contributed by atoms with E-state index < -0.39 is 0 Å². The lowest BCUT2D eigenvalue weighted by molar-refractivity contribution is 0.0718. The molecule has 0 bridgehead atoms. The molecule has 1 amide bonds. The van der Waals surface area contributed by atoms with Crippen LogP contribution in [0, 0.1) is 6.92 Å². The van der Waals surface area contributed by atoms with Crippen LogP contribution in [0.1, 0.15) is 37.8 Å². The quantitative estimate of drug-likeness (QED) is 0.323. The summed E-state index contributed by atoms with van der Waals surface area (Å²) < 4.78 is 6.54. The lowest BCUT2D eigenvalue weighted by atomic mass is 9.98. The van der Waals surface area contributed by atoms with Gasteiger partial charge in [0, 0.05) is 11.0 Å². The van der Waals surface area contributed by atoms with E-state index in [4.69, 9.17) is 4.42 Å². The highest BCUT2D eigenvalue weighted by Crippen LogP contribution is 2.26. The third-order valence-electron chi connectivity index (χ3n) is 5.07. The summed E-state index contributed by atoms with van der Waals surface area (Å²) in [5, 5.41) is 1.95. The van der Waals surface area contributed by atoms with E-state index >= 15 is 0 Å². The number of aryl methyl sites for hydroxylation is 1. The van der Waals surface area contributed by atoms with Gasteiger partial charge in [-0.15, -0.1) is 0 Å². The summed E-state index contributed by atoms with van der Waals surface area (Å²) in [5.41, 5.74) is 2.62. The number of hydrogen-bond donors (Lipinski definition) is 0. The summed E-state index contributed by atoms with van der Waals surface area (Å²) >= 11 is 3.45. The fraction of sp³-hybridized carbons (Fsp3) is 0.120. The Hall–Kier alpha value is -3.18. The second-order valence-electron chi connectivity index (χ2n) is 7.19. The van der Waals surface area contributed by atoms with Gasteiger partial charge in [-0.2, -0.15) is 0 Å². The van der Waals surface area contributed by atoms with Gasteiger partial charge in [0.15, 0.2) is 12.0 Å². The molecular formula is C25H20BrNO3. The zero-order valence-corrected chi connectivity index (χ0v) is 18.1. The van der Waals surface area contributed by atoms with Crippen molar-refractivity contribution in [2.45, 2.75) is 20.0 Å². The van der Waals surface area contributed by atoms with E-state index in [1.54, 1.807) is 17.0 Å². The highest BCUT2D eigenvalue weighted by Gasteiger charge is 2.22. The SMILES string of the molecule is Cc1ccc2ccccc2c1C(=O)N(Cc1ccc(Br)cc1)Cc1ccc(C=O)o1. The van der Waals surface area contributed by atoms with E-state index in [9.17, 15) is 9.59 Å². The van der Waals surface area contributed by atoms with Gasteiger partial charge >= 0.3 is 0 Å². The maximum absolute atomic E-state index is 13.7. The van der Waals surface area contributed by atoms with Gasteiger partial charge in [0.25, 0.3) is 5.91 Å². The minimum Gasteiger partial charge on any atom is -0.456 e. The summed E-state index contributed by atoms with van der Waals surface area (Å²) in [6, 6.07) is 23.1. The fourth-order valence-corrected chi connectivity index (χ4v) is 3.83. The molecule has 0 aliphatic carbocycles. The predicted molar refractivity (Wildman–Crippen MR) is 121 cm³/mol. The lowest BCUT2D eigenvalue weighted by Crippen LogP contribution is -2.30. The topological polar surface area (TPSA) is 50.5 Å². The smallest absolute Gasteiger partial charge is 0.255 e. The van der Waals surface area contributed by atoms with Crippen LogP contribution in [0.25, 0.3) is 10.8 Å². The van der Waals surface area contributed by atoms with E-state index in [1.165, 1.54) is 0 Å². The third kappa shape index (κ3) is 4.21. The monoisotopic (exact) mass is 461 g/mol. The molecule has 0 fully saturated rings. The van der Waals surface area contributed by atoms with Crippen molar-refractivity contribution in [3.63, 3.8) is 0 Å². The first kappa shape index (κ1) is 20.1. The van der Waals surface area contributed by atoms with Crippen molar-refractivity contribution in [2.24, 2.45) is 0 Å². The minimum absolute atomic E-state index is 0.0729. The first-order chi connectivity index (χ1) is 14.5. The Morgan fingerprint density at radius 1 is 0.967 bits per heavy atom. The normalized spacial score (nSPS) is 10.9. The average Bonchev–Trinajstić information content (AvgIpc) is 3.22. The molecule has 5 heteroatoms. The molecule has 4 rings (SSSR count). The van der Waals surface area contributed by atoms with E-state index in [0.717, 1.165) is 26.4 Å². The van der Waals surface area contributed by atoms with Crippen molar-refractivity contribution in [3.05, 3.63) is 105 Å². The molecule has 0 atom stereocenters. The van der Waals surface area contributed by atoms with Gasteiger partial charge in [0.05, 0.1) is 12.1 Å². The maximum Gasteiger partial charge on any atom is 0.255 e. The van der Waals surface area contributed by atoms with E-state index in [1.807, 2.05) is 67.6 Å². The summed E-state index contributed by atoms with van der Waals surface area (Å²) in [4.78, 5) is 26.5. The van der Waals surface area contributed by atoms with E-state index in [0.29, 0.717) is 24.2 Å². The Bertz CT molecular complexity index is 1210. The van der Waals surface area contributed by atoms with Crippen molar-refractivity contribution in [3.8, 4) is 0 Å². The lowest BCUT2D eigenvalue weighted by Gasteiger charge is -2.24. The van der Waals surface area contributed by atoms with Crippen LogP contribution in [0.4, 0.5) is 0 Å². The molecular weight excluding hydrogens is 442 g/mol. The first-order valence-electron chi connectivity index (χ1n) is 9.61. The maximum atomic E-state index is 13.7. The number of nitrogens with zero attached hydrogens (tertiary/aromatic N) is 1. The Labute approximate surface area is 183 Å². The zero-order chi connectivity index (χ0) is 21.1. The summed E-state index contributed by atoms with van der Waals surface area (Å²) in [7, 11) is 0. The van der Waals surface area contributed by atoms with Crippen molar-refractivity contribution in [2.75, 3.05) is 0 Å². The number of carbonyl (C=O) groups excluding carboxylic acids is 2. The zero-order valence-electron chi connectivity index (χ0n) is 16.5. The Morgan fingerprint density at radius 3 is 2.47 bits per heavy atom. The van der Waals surface area contributed by atoms with Crippen molar-refractivity contribution >= 4 is 38.9 Å². The number of furan rings is 1. The van der Waals surface area contributed by atoms with Crippen LogP contribution in [0.15, 0.2) is 81.7 Å². The van der Waals surface area contributed by atoms with Crippen LogP contribution >= 0.6 is 15.9 Å². The summed E-state index contributed by atoms with van der Waals surface area (Å²) in [6.45, 7) is 2.65.